The van der Waals surface area contributed by atoms with Crippen molar-refractivity contribution in [1.29, 1.82) is 0 Å². The molecular formula is C13H16N2O4. The Labute approximate surface area is 110 Å². The molecule has 0 spiro atoms. The summed E-state index contributed by atoms with van der Waals surface area (Å²) in [5.41, 5.74) is 0.0137. The van der Waals surface area contributed by atoms with Gasteiger partial charge < -0.3 is 10.0 Å². The molecule has 0 heterocycles. The summed E-state index contributed by atoms with van der Waals surface area (Å²) in [6.45, 7) is 2.77. The van der Waals surface area contributed by atoms with Crippen LogP contribution in [0.25, 0.3) is 0 Å². The number of carboxylic acids is 1. The molecule has 0 amide bonds. The molecule has 19 heavy (non-hydrogen) atoms. The van der Waals surface area contributed by atoms with E-state index in [9.17, 15) is 20.0 Å². The van der Waals surface area contributed by atoms with Crippen LogP contribution in [0.5, 0.6) is 0 Å². The number of benzene rings is 1. The Morgan fingerprint density at radius 2 is 2.21 bits per heavy atom. The highest BCUT2D eigenvalue weighted by Crippen LogP contribution is 2.40. The van der Waals surface area contributed by atoms with E-state index in [-0.39, 0.29) is 16.9 Å². The zero-order valence-corrected chi connectivity index (χ0v) is 10.9. The molecule has 1 fully saturated rings. The molecule has 1 aliphatic carbocycles. The van der Waals surface area contributed by atoms with Gasteiger partial charge >= 0.3 is 5.97 Å². The lowest BCUT2D eigenvalue weighted by molar-refractivity contribution is -0.384. The third-order valence-electron chi connectivity index (χ3n) is 3.61. The Kier molecular flexibility index (Phi) is 3.42. The number of nitrogens with zero attached hydrogens (tertiary/aromatic N) is 2. The maximum absolute atomic E-state index is 11.2. The molecule has 1 aromatic rings. The summed E-state index contributed by atoms with van der Waals surface area (Å²) in [6, 6.07) is 4.14. The summed E-state index contributed by atoms with van der Waals surface area (Å²) in [6.07, 6.45) is 1.09. The lowest BCUT2D eigenvalue weighted by atomic mass is 10.1. The largest absolute Gasteiger partial charge is 0.478 e. The van der Waals surface area contributed by atoms with E-state index in [4.69, 9.17) is 0 Å². The first-order valence-corrected chi connectivity index (χ1v) is 6.13. The van der Waals surface area contributed by atoms with Gasteiger partial charge in [0, 0.05) is 19.7 Å². The van der Waals surface area contributed by atoms with Gasteiger partial charge in [-0.3, -0.25) is 10.1 Å². The van der Waals surface area contributed by atoms with Gasteiger partial charge in [-0.2, -0.15) is 0 Å². The van der Waals surface area contributed by atoms with Crippen LogP contribution in [-0.4, -0.2) is 29.6 Å². The summed E-state index contributed by atoms with van der Waals surface area (Å²) in [5.74, 6) is -0.0423. The second kappa shape index (κ2) is 4.87. The first-order chi connectivity index (χ1) is 8.91. The van der Waals surface area contributed by atoms with Gasteiger partial charge in [0.1, 0.15) is 5.69 Å². The van der Waals surface area contributed by atoms with E-state index < -0.39 is 10.9 Å². The zero-order valence-electron chi connectivity index (χ0n) is 10.9. The lowest BCUT2D eigenvalue weighted by Gasteiger charge is -2.20. The van der Waals surface area contributed by atoms with Crippen LogP contribution >= 0.6 is 0 Å². The maximum atomic E-state index is 11.2. The van der Waals surface area contributed by atoms with Gasteiger partial charge in [-0.1, -0.05) is 13.0 Å². The summed E-state index contributed by atoms with van der Waals surface area (Å²) < 4.78 is 0. The third-order valence-corrected chi connectivity index (χ3v) is 3.61. The Morgan fingerprint density at radius 3 is 2.68 bits per heavy atom. The highest BCUT2D eigenvalue weighted by Gasteiger charge is 2.35. The topological polar surface area (TPSA) is 83.7 Å². The van der Waals surface area contributed by atoms with Crippen molar-refractivity contribution in [2.45, 2.75) is 13.3 Å². The van der Waals surface area contributed by atoms with Crippen molar-refractivity contribution in [3.8, 4) is 0 Å². The number of carbonyl (C=O) groups is 1. The van der Waals surface area contributed by atoms with Crippen molar-refractivity contribution in [3.63, 3.8) is 0 Å². The fraction of sp³-hybridized carbons (Fsp3) is 0.462. The fourth-order valence-corrected chi connectivity index (χ4v) is 2.35. The first-order valence-electron chi connectivity index (χ1n) is 6.13. The fourth-order valence-electron chi connectivity index (χ4n) is 2.35. The molecule has 102 valence electrons. The average Bonchev–Trinajstić information content (AvgIpc) is 3.03. The van der Waals surface area contributed by atoms with Crippen molar-refractivity contribution in [1.82, 2.24) is 0 Å². The van der Waals surface area contributed by atoms with Gasteiger partial charge in [0.25, 0.3) is 5.69 Å². The standard InChI is InChI=1S/C13H16N2O4/c1-8-6-9(8)7-14(2)12-10(13(16)17)4-3-5-11(12)15(18)19/h3-5,8-9H,6-7H2,1-2H3,(H,16,17). The monoisotopic (exact) mass is 264 g/mol. The van der Waals surface area contributed by atoms with Gasteiger partial charge in [-0.05, 0) is 24.3 Å². The summed E-state index contributed by atoms with van der Waals surface area (Å²) in [5, 5.41) is 20.2. The average molecular weight is 264 g/mol. The Hall–Kier alpha value is -2.11. The van der Waals surface area contributed by atoms with E-state index in [0.717, 1.165) is 6.42 Å². The molecule has 1 aromatic carbocycles. The van der Waals surface area contributed by atoms with Crippen molar-refractivity contribution >= 4 is 17.3 Å². The van der Waals surface area contributed by atoms with Crippen LogP contribution in [0.1, 0.15) is 23.7 Å². The smallest absolute Gasteiger partial charge is 0.338 e. The van der Waals surface area contributed by atoms with E-state index >= 15 is 0 Å². The maximum Gasteiger partial charge on any atom is 0.338 e. The molecule has 0 radical (unpaired) electrons. The normalized spacial score (nSPS) is 20.9. The molecule has 0 bridgehead atoms. The molecule has 1 aliphatic rings. The Balaban J connectivity index is 2.39. The lowest BCUT2D eigenvalue weighted by Crippen LogP contribution is -2.24. The highest BCUT2D eigenvalue weighted by atomic mass is 16.6. The van der Waals surface area contributed by atoms with E-state index in [1.807, 2.05) is 0 Å². The Bertz CT molecular complexity index is 497. The highest BCUT2D eigenvalue weighted by molar-refractivity contribution is 5.97. The molecule has 0 saturated heterocycles. The molecule has 1 saturated carbocycles. The number of carboxylic acid groups (broad SMARTS) is 1. The SMILES string of the molecule is CC1CC1CN(C)c1c(C(=O)O)cccc1[N+](=O)[O-]. The van der Waals surface area contributed by atoms with Crippen LogP contribution in [0.15, 0.2) is 18.2 Å². The van der Waals surface area contributed by atoms with Gasteiger partial charge in [-0.25, -0.2) is 4.79 Å². The number of nitro benzene ring substituents is 1. The number of hydrogen-bond donors (Lipinski definition) is 1. The van der Waals surface area contributed by atoms with E-state index in [1.165, 1.54) is 18.2 Å². The summed E-state index contributed by atoms with van der Waals surface area (Å²) in [4.78, 5) is 23.4. The molecule has 2 atom stereocenters. The van der Waals surface area contributed by atoms with Gasteiger partial charge in [0.05, 0.1) is 10.5 Å². The molecule has 0 aliphatic heterocycles. The van der Waals surface area contributed by atoms with Gasteiger partial charge in [0.2, 0.25) is 0 Å². The molecule has 2 rings (SSSR count). The molecule has 6 nitrogen and oxygen atoms in total. The minimum Gasteiger partial charge on any atom is -0.478 e. The molecule has 0 aromatic heterocycles. The predicted molar refractivity (Wildman–Crippen MR) is 70.6 cm³/mol. The number of rotatable bonds is 5. The number of nitro groups is 1. The van der Waals surface area contributed by atoms with E-state index in [1.54, 1.807) is 11.9 Å². The van der Waals surface area contributed by atoms with Gasteiger partial charge in [-0.15, -0.1) is 0 Å². The predicted octanol–water partition coefficient (Wildman–Crippen LogP) is 2.39. The van der Waals surface area contributed by atoms with E-state index in [2.05, 4.69) is 6.92 Å². The second-order valence-corrected chi connectivity index (χ2v) is 5.09. The van der Waals surface area contributed by atoms with Gasteiger partial charge in [0.15, 0.2) is 0 Å². The molecule has 1 N–H and O–H groups in total. The van der Waals surface area contributed by atoms with Crippen LogP contribution in [-0.2, 0) is 0 Å². The number of para-hydroxylation sites is 1. The third kappa shape index (κ3) is 2.67. The van der Waals surface area contributed by atoms with Crippen LogP contribution < -0.4 is 4.90 Å². The van der Waals surface area contributed by atoms with Crippen molar-refractivity contribution in [2.75, 3.05) is 18.5 Å². The van der Waals surface area contributed by atoms with Crippen molar-refractivity contribution in [3.05, 3.63) is 33.9 Å². The molecule has 6 heteroatoms. The van der Waals surface area contributed by atoms with E-state index in [0.29, 0.717) is 18.4 Å². The molecular weight excluding hydrogens is 248 g/mol. The minimum atomic E-state index is -1.14. The minimum absolute atomic E-state index is 0.0231. The van der Waals surface area contributed by atoms with Crippen molar-refractivity contribution in [2.24, 2.45) is 11.8 Å². The van der Waals surface area contributed by atoms with Crippen LogP contribution in [0.4, 0.5) is 11.4 Å². The first kappa shape index (κ1) is 13.3. The number of anilines is 1. The Morgan fingerprint density at radius 1 is 1.58 bits per heavy atom. The zero-order chi connectivity index (χ0) is 14.2. The quantitative estimate of drug-likeness (QED) is 0.652. The summed E-state index contributed by atoms with van der Waals surface area (Å²) in [7, 11) is 1.71. The van der Waals surface area contributed by atoms with Crippen LogP contribution in [0.3, 0.4) is 0 Å². The summed E-state index contributed by atoms with van der Waals surface area (Å²) >= 11 is 0. The van der Waals surface area contributed by atoms with Crippen LogP contribution in [0.2, 0.25) is 0 Å². The van der Waals surface area contributed by atoms with Crippen LogP contribution in [0, 0.1) is 22.0 Å². The second-order valence-electron chi connectivity index (χ2n) is 5.09. The molecule has 2 unspecified atom stereocenters. The van der Waals surface area contributed by atoms with Crippen molar-refractivity contribution < 1.29 is 14.8 Å². The number of aromatic carboxylic acids is 1. The number of hydrogen-bond acceptors (Lipinski definition) is 4.